The molecule has 2 unspecified atom stereocenters. The Balaban J connectivity index is 1.90. The van der Waals surface area contributed by atoms with Crippen LogP contribution >= 0.6 is 0 Å². The van der Waals surface area contributed by atoms with Gasteiger partial charge in [-0.05, 0) is 37.0 Å². The van der Waals surface area contributed by atoms with E-state index in [-0.39, 0.29) is 0 Å². The smallest absolute Gasteiger partial charge is 0.0360 e. The molecule has 0 radical (unpaired) electrons. The molecule has 2 atom stereocenters. The van der Waals surface area contributed by atoms with Crippen LogP contribution in [0.1, 0.15) is 45.4 Å². The van der Waals surface area contributed by atoms with Crippen LogP contribution in [0.25, 0.3) is 0 Å². The van der Waals surface area contributed by atoms with E-state index in [1.807, 2.05) is 0 Å². The van der Waals surface area contributed by atoms with Gasteiger partial charge < -0.3 is 0 Å². The second kappa shape index (κ2) is 2.56. The molecule has 10 heavy (non-hydrogen) atoms. The third kappa shape index (κ3) is 1.21. The number of rotatable bonds is 1. The quantitative estimate of drug-likeness (QED) is 0.522. The molecule has 0 N–H and O–H groups in total. The third-order valence-corrected chi connectivity index (χ3v) is 3.41. The molecule has 0 amide bonds. The summed E-state index contributed by atoms with van der Waals surface area (Å²) in [5, 5.41) is 0. The molecule has 0 nitrogen and oxygen atoms in total. The summed E-state index contributed by atoms with van der Waals surface area (Å²) in [7, 11) is 0. The van der Waals surface area contributed by atoms with Gasteiger partial charge in [0, 0.05) is 0 Å². The monoisotopic (exact) mass is 138 g/mol. The van der Waals surface area contributed by atoms with E-state index in [1.165, 1.54) is 19.3 Å². The Morgan fingerprint density at radius 3 is 2.20 bits per heavy atom. The first kappa shape index (κ1) is 6.69. The lowest BCUT2D eigenvalue weighted by Crippen LogP contribution is -2.18. The van der Waals surface area contributed by atoms with Gasteiger partial charge in [0.1, 0.15) is 0 Å². The van der Waals surface area contributed by atoms with Gasteiger partial charge in [0.05, 0.1) is 0 Å². The van der Waals surface area contributed by atoms with Crippen LogP contribution in [0.4, 0.5) is 0 Å². The van der Waals surface area contributed by atoms with Crippen LogP contribution in [0.2, 0.25) is 0 Å². The highest BCUT2D eigenvalue weighted by atomic mass is 14.4. The Hall–Kier alpha value is 0. The highest BCUT2D eigenvalue weighted by Crippen LogP contribution is 2.46. The SMILES string of the molecule is CC1CCCCC1C1CC1. The largest absolute Gasteiger partial charge is 0.0622 e. The highest BCUT2D eigenvalue weighted by molar-refractivity contribution is 4.86. The zero-order valence-corrected chi connectivity index (χ0v) is 6.97. The Bertz CT molecular complexity index is 113. The lowest BCUT2D eigenvalue weighted by molar-refractivity contribution is 0.228. The molecule has 0 aromatic carbocycles. The summed E-state index contributed by atoms with van der Waals surface area (Å²) >= 11 is 0. The first-order chi connectivity index (χ1) is 4.88. The molecule has 2 saturated carbocycles. The van der Waals surface area contributed by atoms with Crippen LogP contribution in [-0.2, 0) is 0 Å². The first-order valence-electron chi connectivity index (χ1n) is 4.88. The van der Waals surface area contributed by atoms with Crippen molar-refractivity contribution in [3.8, 4) is 0 Å². The van der Waals surface area contributed by atoms with Crippen molar-refractivity contribution in [3.63, 3.8) is 0 Å². The molecule has 58 valence electrons. The van der Waals surface area contributed by atoms with Crippen molar-refractivity contribution < 1.29 is 0 Å². The summed E-state index contributed by atoms with van der Waals surface area (Å²) in [6.07, 6.45) is 9.19. The lowest BCUT2D eigenvalue weighted by Gasteiger charge is -2.28. The van der Waals surface area contributed by atoms with E-state index in [9.17, 15) is 0 Å². The van der Waals surface area contributed by atoms with E-state index in [0.717, 1.165) is 17.8 Å². The Labute approximate surface area is 64.0 Å². The van der Waals surface area contributed by atoms with Crippen molar-refractivity contribution in [2.24, 2.45) is 17.8 Å². The Kier molecular flexibility index (Phi) is 1.71. The molecule has 2 fully saturated rings. The Morgan fingerprint density at radius 1 is 0.900 bits per heavy atom. The van der Waals surface area contributed by atoms with Crippen molar-refractivity contribution in [2.75, 3.05) is 0 Å². The van der Waals surface area contributed by atoms with Gasteiger partial charge in [0.25, 0.3) is 0 Å². The van der Waals surface area contributed by atoms with Gasteiger partial charge in [-0.25, -0.2) is 0 Å². The lowest BCUT2D eigenvalue weighted by atomic mass is 9.78. The molecule has 2 aliphatic carbocycles. The van der Waals surface area contributed by atoms with Gasteiger partial charge in [-0.15, -0.1) is 0 Å². The number of hydrogen-bond acceptors (Lipinski definition) is 0. The second-order valence-corrected chi connectivity index (χ2v) is 4.26. The van der Waals surface area contributed by atoms with Gasteiger partial charge in [-0.3, -0.25) is 0 Å². The molecule has 0 aliphatic heterocycles. The van der Waals surface area contributed by atoms with Crippen molar-refractivity contribution in [3.05, 3.63) is 0 Å². The third-order valence-electron chi connectivity index (χ3n) is 3.41. The van der Waals surface area contributed by atoms with Crippen LogP contribution in [-0.4, -0.2) is 0 Å². The zero-order chi connectivity index (χ0) is 6.97. The molecule has 0 heteroatoms. The van der Waals surface area contributed by atoms with Gasteiger partial charge in [0.2, 0.25) is 0 Å². The van der Waals surface area contributed by atoms with E-state index >= 15 is 0 Å². The molecular formula is C10H18. The summed E-state index contributed by atoms with van der Waals surface area (Å²) in [5.74, 6) is 3.35. The maximum absolute atomic E-state index is 2.46. The molecule has 2 rings (SSSR count). The highest BCUT2D eigenvalue weighted by Gasteiger charge is 2.35. The fraction of sp³-hybridized carbons (Fsp3) is 1.00. The van der Waals surface area contributed by atoms with Crippen LogP contribution in [0.15, 0.2) is 0 Å². The molecule has 0 bridgehead atoms. The van der Waals surface area contributed by atoms with Gasteiger partial charge in [-0.2, -0.15) is 0 Å². The predicted octanol–water partition coefficient (Wildman–Crippen LogP) is 3.22. The summed E-state index contributed by atoms with van der Waals surface area (Å²) in [6, 6.07) is 0. The summed E-state index contributed by atoms with van der Waals surface area (Å²) in [6.45, 7) is 2.46. The fourth-order valence-electron chi connectivity index (χ4n) is 2.57. The minimum atomic E-state index is 1.06. The van der Waals surface area contributed by atoms with Crippen LogP contribution in [0.3, 0.4) is 0 Å². The van der Waals surface area contributed by atoms with Crippen LogP contribution in [0.5, 0.6) is 0 Å². The summed E-state index contributed by atoms with van der Waals surface area (Å²) in [5.41, 5.74) is 0. The average molecular weight is 138 g/mol. The van der Waals surface area contributed by atoms with E-state index in [2.05, 4.69) is 6.92 Å². The molecule has 0 spiro atoms. The maximum Gasteiger partial charge on any atom is -0.0360 e. The average Bonchev–Trinajstić information content (AvgIpc) is 2.71. The number of hydrogen-bond donors (Lipinski definition) is 0. The van der Waals surface area contributed by atoms with Gasteiger partial charge in [0.15, 0.2) is 0 Å². The Morgan fingerprint density at radius 2 is 1.60 bits per heavy atom. The molecular weight excluding hydrogens is 120 g/mol. The standard InChI is InChI=1S/C10H18/c1-8-4-2-3-5-10(8)9-6-7-9/h8-10H,2-7H2,1H3. The van der Waals surface area contributed by atoms with Crippen molar-refractivity contribution in [1.29, 1.82) is 0 Å². The van der Waals surface area contributed by atoms with Crippen molar-refractivity contribution >= 4 is 0 Å². The maximum atomic E-state index is 2.46. The zero-order valence-electron chi connectivity index (χ0n) is 6.97. The first-order valence-corrected chi connectivity index (χ1v) is 4.88. The van der Waals surface area contributed by atoms with E-state index in [4.69, 9.17) is 0 Å². The van der Waals surface area contributed by atoms with Crippen LogP contribution < -0.4 is 0 Å². The molecule has 0 heterocycles. The van der Waals surface area contributed by atoms with Gasteiger partial charge in [-0.1, -0.05) is 26.2 Å². The van der Waals surface area contributed by atoms with Crippen LogP contribution in [0, 0.1) is 17.8 Å². The van der Waals surface area contributed by atoms with Gasteiger partial charge >= 0.3 is 0 Å². The molecule has 0 saturated heterocycles. The van der Waals surface area contributed by atoms with E-state index < -0.39 is 0 Å². The molecule has 0 aromatic rings. The fourth-order valence-corrected chi connectivity index (χ4v) is 2.57. The minimum absolute atomic E-state index is 1.06. The molecule has 0 aromatic heterocycles. The van der Waals surface area contributed by atoms with E-state index in [1.54, 1.807) is 19.3 Å². The second-order valence-electron chi connectivity index (χ2n) is 4.26. The van der Waals surface area contributed by atoms with Crippen molar-refractivity contribution in [1.82, 2.24) is 0 Å². The summed E-state index contributed by atoms with van der Waals surface area (Å²) in [4.78, 5) is 0. The topological polar surface area (TPSA) is 0 Å². The molecule has 2 aliphatic rings. The predicted molar refractivity (Wildman–Crippen MR) is 43.8 cm³/mol. The van der Waals surface area contributed by atoms with E-state index in [0.29, 0.717) is 0 Å². The van der Waals surface area contributed by atoms with Crippen molar-refractivity contribution in [2.45, 2.75) is 45.4 Å². The minimum Gasteiger partial charge on any atom is -0.0622 e. The summed E-state index contributed by atoms with van der Waals surface area (Å²) < 4.78 is 0. The normalized spacial score (nSPS) is 41.7.